The largest absolute Gasteiger partial charge is 0.480 e. The first-order chi connectivity index (χ1) is 9.88. The average Bonchev–Trinajstić information content (AvgIpc) is 2.81. The number of benzene rings is 1. The fourth-order valence-electron chi connectivity index (χ4n) is 2.25. The van der Waals surface area contributed by atoms with Crippen molar-refractivity contribution in [2.45, 2.75) is 26.3 Å². The molecule has 0 saturated carbocycles. The van der Waals surface area contributed by atoms with Gasteiger partial charge in [0, 0.05) is 18.7 Å². The fourth-order valence-corrected chi connectivity index (χ4v) is 2.25. The van der Waals surface area contributed by atoms with Gasteiger partial charge in [-0.2, -0.15) is 0 Å². The predicted octanol–water partition coefficient (Wildman–Crippen LogP) is 0.937. The first-order valence-electron chi connectivity index (χ1n) is 6.78. The van der Waals surface area contributed by atoms with E-state index in [-0.39, 0.29) is 18.9 Å². The number of carbonyl (C=O) groups excluding carboxylic acids is 2. The van der Waals surface area contributed by atoms with E-state index in [1.165, 1.54) is 6.92 Å². The summed E-state index contributed by atoms with van der Waals surface area (Å²) < 4.78 is 0. The van der Waals surface area contributed by atoms with E-state index >= 15 is 0 Å². The first kappa shape index (κ1) is 15.0. The third-order valence-corrected chi connectivity index (χ3v) is 3.57. The SMILES string of the molecule is Cc1ccc(N2CC(C(=O)NC(C)C(=O)O)CC2=O)cc1. The molecule has 112 valence electrons. The standard InChI is InChI=1S/C15H18N2O4/c1-9-3-5-12(6-4-9)17-8-11(7-13(17)18)14(19)16-10(2)15(20)21/h3-6,10-11H,7-8H2,1-2H3,(H,16,19)(H,20,21). The van der Waals surface area contributed by atoms with Crippen molar-refractivity contribution in [3.63, 3.8) is 0 Å². The van der Waals surface area contributed by atoms with Crippen molar-refractivity contribution >= 4 is 23.5 Å². The van der Waals surface area contributed by atoms with Crippen molar-refractivity contribution in [2.24, 2.45) is 5.92 Å². The van der Waals surface area contributed by atoms with Gasteiger partial charge >= 0.3 is 5.97 Å². The highest BCUT2D eigenvalue weighted by Crippen LogP contribution is 2.25. The maximum atomic E-state index is 12.0. The summed E-state index contributed by atoms with van der Waals surface area (Å²) in [7, 11) is 0. The number of carboxylic acid groups (broad SMARTS) is 1. The Labute approximate surface area is 122 Å². The van der Waals surface area contributed by atoms with Crippen LogP contribution in [0.1, 0.15) is 18.9 Å². The molecule has 21 heavy (non-hydrogen) atoms. The highest BCUT2D eigenvalue weighted by atomic mass is 16.4. The van der Waals surface area contributed by atoms with Crippen LogP contribution < -0.4 is 10.2 Å². The zero-order valence-corrected chi connectivity index (χ0v) is 12.0. The Morgan fingerprint density at radius 3 is 2.52 bits per heavy atom. The Kier molecular flexibility index (Phi) is 4.26. The number of carbonyl (C=O) groups is 3. The minimum Gasteiger partial charge on any atom is -0.480 e. The van der Waals surface area contributed by atoms with Crippen LogP contribution in [0, 0.1) is 12.8 Å². The lowest BCUT2D eigenvalue weighted by atomic mass is 10.1. The molecule has 6 nitrogen and oxygen atoms in total. The van der Waals surface area contributed by atoms with E-state index in [2.05, 4.69) is 5.32 Å². The van der Waals surface area contributed by atoms with Gasteiger partial charge in [-0.3, -0.25) is 14.4 Å². The van der Waals surface area contributed by atoms with E-state index in [4.69, 9.17) is 5.11 Å². The number of aryl methyl sites for hydroxylation is 1. The Balaban J connectivity index is 2.04. The van der Waals surface area contributed by atoms with Crippen LogP contribution in [0.25, 0.3) is 0 Å². The van der Waals surface area contributed by atoms with E-state index in [0.717, 1.165) is 11.3 Å². The van der Waals surface area contributed by atoms with Gasteiger partial charge in [0.15, 0.2) is 0 Å². The van der Waals surface area contributed by atoms with Crippen molar-refractivity contribution in [3.8, 4) is 0 Å². The number of anilines is 1. The van der Waals surface area contributed by atoms with Gasteiger partial charge in [-0.15, -0.1) is 0 Å². The Morgan fingerprint density at radius 1 is 1.33 bits per heavy atom. The molecular weight excluding hydrogens is 272 g/mol. The Morgan fingerprint density at radius 2 is 1.95 bits per heavy atom. The Hall–Kier alpha value is -2.37. The number of aliphatic carboxylic acids is 1. The minimum absolute atomic E-state index is 0.103. The van der Waals surface area contributed by atoms with Crippen LogP contribution in [0.4, 0.5) is 5.69 Å². The molecule has 0 aliphatic carbocycles. The van der Waals surface area contributed by atoms with Gasteiger partial charge in [0.25, 0.3) is 0 Å². The van der Waals surface area contributed by atoms with E-state index in [1.807, 2.05) is 31.2 Å². The second kappa shape index (κ2) is 5.95. The molecule has 2 N–H and O–H groups in total. The number of carboxylic acids is 1. The molecule has 1 aromatic rings. The van der Waals surface area contributed by atoms with Gasteiger partial charge in [0.1, 0.15) is 6.04 Å². The lowest BCUT2D eigenvalue weighted by molar-refractivity contribution is -0.141. The predicted molar refractivity (Wildman–Crippen MR) is 76.9 cm³/mol. The molecule has 2 unspecified atom stereocenters. The summed E-state index contributed by atoms with van der Waals surface area (Å²) >= 11 is 0. The minimum atomic E-state index is -1.09. The normalized spacial score (nSPS) is 19.4. The third-order valence-electron chi connectivity index (χ3n) is 3.57. The van der Waals surface area contributed by atoms with Gasteiger partial charge in [-0.25, -0.2) is 0 Å². The number of nitrogens with zero attached hydrogens (tertiary/aromatic N) is 1. The van der Waals surface area contributed by atoms with Crippen molar-refractivity contribution in [1.82, 2.24) is 5.32 Å². The van der Waals surface area contributed by atoms with E-state index in [1.54, 1.807) is 4.90 Å². The smallest absolute Gasteiger partial charge is 0.325 e. The molecule has 1 heterocycles. The van der Waals surface area contributed by atoms with E-state index in [0.29, 0.717) is 0 Å². The summed E-state index contributed by atoms with van der Waals surface area (Å²) in [6, 6.07) is 6.53. The summed E-state index contributed by atoms with van der Waals surface area (Å²) in [6.45, 7) is 3.63. The first-order valence-corrected chi connectivity index (χ1v) is 6.78. The van der Waals surface area contributed by atoms with Crippen LogP contribution in [-0.2, 0) is 14.4 Å². The topological polar surface area (TPSA) is 86.7 Å². The maximum Gasteiger partial charge on any atom is 0.325 e. The lowest BCUT2D eigenvalue weighted by Crippen LogP contribution is -2.42. The Bertz CT molecular complexity index is 568. The van der Waals surface area contributed by atoms with Crippen LogP contribution in [0.5, 0.6) is 0 Å². The molecule has 1 saturated heterocycles. The van der Waals surface area contributed by atoms with E-state index < -0.39 is 23.8 Å². The quantitative estimate of drug-likeness (QED) is 0.864. The molecule has 2 amide bonds. The molecule has 1 aromatic carbocycles. The highest BCUT2D eigenvalue weighted by molar-refractivity contribution is 6.00. The summed E-state index contributed by atoms with van der Waals surface area (Å²) in [4.78, 5) is 36.3. The van der Waals surface area contributed by atoms with Crippen molar-refractivity contribution < 1.29 is 19.5 Å². The van der Waals surface area contributed by atoms with Crippen LogP contribution >= 0.6 is 0 Å². The molecule has 1 fully saturated rings. The lowest BCUT2D eigenvalue weighted by Gasteiger charge is -2.17. The van der Waals surface area contributed by atoms with Gasteiger partial charge in [-0.1, -0.05) is 17.7 Å². The molecule has 0 radical (unpaired) electrons. The van der Waals surface area contributed by atoms with Crippen molar-refractivity contribution in [3.05, 3.63) is 29.8 Å². The molecule has 2 rings (SSSR count). The zero-order chi connectivity index (χ0) is 15.6. The number of rotatable bonds is 4. The number of nitrogens with one attached hydrogen (secondary N) is 1. The third kappa shape index (κ3) is 3.39. The molecule has 2 atom stereocenters. The molecule has 6 heteroatoms. The van der Waals surface area contributed by atoms with Crippen LogP contribution in [0.3, 0.4) is 0 Å². The fraction of sp³-hybridized carbons (Fsp3) is 0.400. The summed E-state index contributed by atoms with van der Waals surface area (Å²) in [5.74, 6) is -2.13. The maximum absolute atomic E-state index is 12.0. The average molecular weight is 290 g/mol. The van der Waals surface area contributed by atoms with Gasteiger partial charge < -0.3 is 15.3 Å². The van der Waals surface area contributed by atoms with Crippen molar-refractivity contribution in [2.75, 3.05) is 11.4 Å². The van der Waals surface area contributed by atoms with E-state index in [9.17, 15) is 14.4 Å². The van der Waals surface area contributed by atoms with Crippen LogP contribution in [0.2, 0.25) is 0 Å². The second-order valence-corrected chi connectivity index (χ2v) is 5.31. The molecule has 0 spiro atoms. The summed E-state index contributed by atoms with van der Waals surface area (Å²) in [5, 5.41) is 11.2. The number of hydrogen-bond acceptors (Lipinski definition) is 3. The molecule has 0 bridgehead atoms. The monoisotopic (exact) mass is 290 g/mol. The van der Waals surface area contributed by atoms with Crippen LogP contribution in [-0.4, -0.2) is 35.5 Å². The number of amides is 2. The molecular formula is C15H18N2O4. The zero-order valence-electron chi connectivity index (χ0n) is 12.0. The highest BCUT2D eigenvalue weighted by Gasteiger charge is 2.35. The number of hydrogen-bond donors (Lipinski definition) is 2. The molecule has 0 aromatic heterocycles. The molecule has 1 aliphatic heterocycles. The van der Waals surface area contributed by atoms with Crippen LogP contribution in [0.15, 0.2) is 24.3 Å². The van der Waals surface area contributed by atoms with Crippen molar-refractivity contribution in [1.29, 1.82) is 0 Å². The second-order valence-electron chi connectivity index (χ2n) is 5.31. The molecule has 1 aliphatic rings. The summed E-state index contributed by atoms with van der Waals surface area (Å²) in [5.41, 5.74) is 1.85. The van der Waals surface area contributed by atoms with Gasteiger partial charge in [0.05, 0.1) is 5.92 Å². The van der Waals surface area contributed by atoms with Gasteiger partial charge in [0.2, 0.25) is 11.8 Å². The summed E-state index contributed by atoms with van der Waals surface area (Å²) in [6.07, 6.45) is 0.103. The van der Waals surface area contributed by atoms with Gasteiger partial charge in [-0.05, 0) is 26.0 Å².